The van der Waals surface area contributed by atoms with E-state index < -0.39 is 0 Å². The maximum absolute atomic E-state index is 4.46. The summed E-state index contributed by atoms with van der Waals surface area (Å²) in [7, 11) is 0. The molecular formula is C18H22AlN7. The molecule has 0 aromatic carbocycles. The molecule has 3 aromatic rings. The Morgan fingerprint density at radius 2 is 1.73 bits per heavy atom. The van der Waals surface area contributed by atoms with Crippen LogP contribution in [-0.2, 0) is 19.8 Å². The van der Waals surface area contributed by atoms with Gasteiger partial charge in [-0.2, -0.15) is 5.10 Å². The second kappa shape index (κ2) is 9.55. The van der Waals surface area contributed by atoms with Crippen molar-refractivity contribution < 1.29 is 0 Å². The second-order valence-corrected chi connectivity index (χ2v) is 6.97. The first-order chi connectivity index (χ1) is 12.7. The van der Waals surface area contributed by atoms with Gasteiger partial charge in [-0.25, -0.2) is 9.67 Å². The smallest absolute Gasteiger partial charge is 0.256 e. The Morgan fingerprint density at radius 1 is 1.04 bits per heavy atom. The lowest BCUT2D eigenvalue weighted by molar-refractivity contribution is 0.125. The second-order valence-electron chi connectivity index (χ2n) is 6.24. The molecular weight excluding hydrogens is 341 g/mol. The molecule has 8 heteroatoms. The number of pyridine rings is 2. The highest BCUT2D eigenvalue weighted by Crippen LogP contribution is 2.10. The van der Waals surface area contributed by atoms with Gasteiger partial charge in [0, 0.05) is 31.5 Å². The van der Waals surface area contributed by atoms with Crippen LogP contribution in [0.1, 0.15) is 18.3 Å². The lowest BCUT2D eigenvalue weighted by Crippen LogP contribution is -2.42. The van der Waals surface area contributed by atoms with Crippen LogP contribution >= 0.6 is 0 Å². The Kier molecular flexibility index (Phi) is 6.86. The minimum Gasteiger partial charge on any atom is -0.396 e. The van der Waals surface area contributed by atoms with Gasteiger partial charge in [0.2, 0.25) is 0 Å². The molecule has 0 aliphatic heterocycles. The van der Waals surface area contributed by atoms with E-state index in [2.05, 4.69) is 52.3 Å². The summed E-state index contributed by atoms with van der Waals surface area (Å²) in [6.07, 6.45) is 6.96. The molecule has 0 bridgehead atoms. The van der Waals surface area contributed by atoms with Crippen molar-refractivity contribution >= 4 is 16.5 Å². The van der Waals surface area contributed by atoms with Gasteiger partial charge in [-0.15, -0.1) is 0 Å². The van der Waals surface area contributed by atoms with Crippen molar-refractivity contribution in [2.75, 3.05) is 6.54 Å². The zero-order valence-electron chi connectivity index (χ0n) is 14.9. The van der Waals surface area contributed by atoms with Gasteiger partial charge in [-0.05, 0) is 37.7 Å². The molecule has 0 saturated heterocycles. The van der Waals surface area contributed by atoms with E-state index in [1.165, 1.54) is 0 Å². The van der Waals surface area contributed by atoms with Crippen LogP contribution in [-0.4, -0.2) is 62.6 Å². The molecule has 2 radical (unpaired) electrons. The number of aromatic nitrogens is 5. The maximum Gasteiger partial charge on any atom is 0.256 e. The van der Waals surface area contributed by atoms with Crippen LogP contribution in [0.4, 0.5) is 0 Å². The predicted molar refractivity (Wildman–Crippen MR) is 99.7 cm³/mol. The maximum atomic E-state index is 4.46. The number of hydrogen-bond acceptors (Lipinski definition) is 6. The highest BCUT2D eigenvalue weighted by molar-refractivity contribution is 6.04. The lowest BCUT2D eigenvalue weighted by Gasteiger charge is -2.32. The summed E-state index contributed by atoms with van der Waals surface area (Å²) in [5, 5.41) is 4.24. The Bertz CT molecular complexity index is 752. The monoisotopic (exact) mass is 363 g/mol. The van der Waals surface area contributed by atoms with Gasteiger partial charge in [0.25, 0.3) is 16.5 Å². The minimum absolute atomic E-state index is 0.294. The standard InChI is InChI=1S/C18H22N7.Al/c1-16(10-19-11-17-6-2-4-8-21-17)24(15-25-14-20-13-23-25)12-18-7-3-5-9-22-18;/h2-9,13-14,16H,10-12,15H2,1H3;/q-1;+1. The van der Waals surface area contributed by atoms with E-state index in [-0.39, 0.29) is 0 Å². The third kappa shape index (κ3) is 5.71. The molecule has 3 aromatic heterocycles. The van der Waals surface area contributed by atoms with Crippen molar-refractivity contribution in [1.82, 2.24) is 33.5 Å². The average Bonchev–Trinajstić information content (AvgIpc) is 3.16. The summed E-state index contributed by atoms with van der Waals surface area (Å²) in [6, 6.07) is 12.3. The van der Waals surface area contributed by atoms with E-state index >= 15 is 0 Å². The Morgan fingerprint density at radius 3 is 2.31 bits per heavy atom. The quantitative estimate of drug-likeness (QED) is 0.537. The summed E-state index contributed by atoms with van der Waals surface area (Å²) in [5.74, 6) is 0. The molecule has 3 heterocycles. The van der Waals surface area contributed by atoms with Crippen LogP contribution < -0.4 is 0 Å². The summed E-state index contributed by atoms with van der Waals surface area (Å²) >= 11 is 2.81. The van der Waals surface area contributed by atoms with Gasteiger partial charge < -0.3 is 3.88 Å². The molecule has 0 saturated carbocycles. The number of hydrogen-bond donors (Lipinski definition) is 0. The molecule has 3 rings (SSSR count). The van der Waals surface area contributed by atoms with E-state index in [0.717, 1.165) is 31.0 Å². The van der Waals surface area contributed by atoms with Gasteiger partial charge in [-0.3, -0.25) is 14.9 Å². The fraction of sp³-hybridized carbons (Fsp3) is 0.333. The number of rotatable bonds is 9. The van der Waals surface area contributed by atoms with E-state index in [1.54, 1.807) is 12.7 Å². The van der Waals surface area contributed by atoms with Crippen molar-refractivity contribution in [2.45, 2.75) is 32.7 Å². The third-order valence-electron chi connectivity index (χ3n) is 4.10. The molecule has 0 aliphatic carbocycles. The molecule has 132 valence electrons. The highest BCUT2D eigenvalue weighted by atomic mass is 27.1. The zero-order chi connectivity index (χ0) is 18.2. The van der Waals surface area contributed by atoms with Gasteiger partial charge >= 0.3 is 0 Å². The topological polar surface area (TPSA) is 63.0 Å². The van der Waals surface area contributed by atoms with E-state index in [1.807, 2.05) is 53.5 Å². The first-order valence-corrected chi connectivity index (χ1v) is 9.08. The van der Waals surface area contributed by atoms with E-state index in [0.29, 0.717) is 12.7 Å². The SMILES string of the molecule is CC(C[N]([Al])Cc1ccccn1)N(Cc1ccccn1)Cn1cncn1. The van der Waals surface area contributed by atoms with Gasteiger partial charge in [0.1, 0.15) is 12.7 Å². The molecule has 7 nitrogen and oxygen atoms in total. The molecule has 1 unspecified atom stereocenters. The van der Waals surface area contributed by atoms with Crippen LogP contribution in [0.5, 0.6) is 0 Å². The Balaban J connectivity index is 1.64. The fourth-order valence-corrected chi connectivity index (χ4v) is 3.25. The average molecular weight is 363 g/mol. The van der Waals surface area contributed by atoms with E-state index in [9.17, 15) is 0 Å². The van der Waals surface area contributed by atoms with Crippen LogP contribution in [0.3, 0.4) is 0 Å². The summed E-state index contributed by atoms with van der Waals surface area (Å²) < 4.78 is 4.05. The van der Waals surface area contributed by atoms with Crippen molar-refractivity contribution in [1.29, 1.82) is 0 Å². The normalized spacial score (nSPS) is 12.6. The van der Waals surface area contributed by atoms with Crippen LogP contribution in [0.25, 0.3) is 0 Å². The predicted octanol–water partition coefficient (Wildman–Crippen LogP) is 1.50. The van der Waals surface area contributed by atoms with Crippen LogP contribution in [0.15, 0.2) is 61.4 Å². The van der Waals surface area contributed by atoms with Crippen molar-refractivity contribution in [3.05, 3.63) is 72.8 Å². The van der Waals surface area contributed by atoms with Gasteiger partial charge in [0.15, 0.2) is 0 Å². The van der Waals surface area contributed by atoms with Gasteiger partial charge in [0.05, 0.1) is 18.1 Å². The van der Waals surface area contributed by atoms with Crippen LogP contribution in [0.2, 0.25) is 0 Å². The van der Waals surface area contributed by atoms with Crippen molar-refractivity contribution in [3.8, 4) is 0 Å². The summed E-state index contributed by atoms with van der Waals surface area (Å²) in [5.41, 5.74) is 2.10. The fourth-order valence-electron chi connectivity index (χ4n) is 2.76. The third-order valence-corrected chi connectivity index (χ3v) is 4.49. The molecule has 26 heavy (non-hydrogen) atoms. The molecule has 0 N–H and O–H groups in total. The van der Waals surface area contributed by atoms with Crippen LogP contribution in [0, 0.1) is 0 Å². The first kappa shape index (κ1) is 18.7. The number of nitrogens with zero attached hydrogens (tertiary/aromatic N) is 7. The van der Waals surface area contributed by atoms with Crippen molar-refractivity contribution in [3.63, 3.8) is 0 Å². The lowest BCUT2D eigenvalue weighted by atomic mass is 10.2. The zero-order valence-corrected chi connectivity index (χ0v) is 16.0. The first-order valence-electron chi connectivity index (χ1n) is 8.56. The van der Waals surface area contributed by atoms with Gasteiger partial charge in [-0.1, -0.05) is 12.1 Å². The Hall–Kier alpha value is -2.11. The molecule has 0 spiro atoms. The molecule has 0 amide bonds. The highest BCUT2D eigenvalue weighted by Gasteiger charge is 2.17. The molecule has 0 fully saturated rings. The largest absolute Gasteiger partial charge is 0.396 e. The summed E-state index contributed by atoms with van der Waals surface area (Å²) in [6.45, 7) is 5.30. The summed E-state index contributed by atoms with van der Waals surface area (Å²) in [4.78, 5) is 15.2. The van der Waals surface area contributed by atoms with E-state index in [4.69, 9.17) is 0 Å². The molecule has 1 atom stereocenters. The Labute approximate surface area is 162 Å². The van der Waals surface area contributed by atoms with Crippen molar-refractivity contribution in [2.24, 2.45) is 0 Å². The minimum atomic E-state index is 0.294. The molecule has 0 aliphatic rings.